The van der Waals surface area contributed by atoms with Gasteiger partial charge >= 0.3 is 0 Å². The summed E-state index contributed by atoms with van der Waals surface area (Å²) in [7, 11) is 0. The van der Waals surface area contributed by atoms with Crippen molar-refractivity contribution in [3.05, 3.63) is 48.3 Å². The van der Waals surface area contributed by atoms with E-state index in [2.05, 4.69) is 15.3 Å². The van der Waals surface area contributed by atoms with E-state index in [1.54, 1.807) is 12.1 Å². The van der Waals surface area contributed by atoms with Crippen molar-refractivity contribution in [3.63, 3.8) is 0 Å². The first-order chi connectivity index (χ1) is 13.7. The van der Waals surface area contributed by atoms with Gasteiger partial charge in [-0.1, -0.05) is 18.6 Å². The Kier molecular flexibility index (Phi) is 4.00. The quantitative estimate of drug-likeness (QED) is 0.732. The zero-order valence-electron chi connectivity index (χ0n) is 15.3. The van der Waals surface area contributed by atoms with Crippen molar-refractivity contribution < 1.29 is 14.3 Å². The van der Waals surface area contributed by atoms with E-state index < -0.39 is 0 Å². The lowest BCUT2D eigenvalue weighted by Gasteiger charge is -2.28. The van der Waals surface area contributed by atoms with Crippen molar-refractivity contribution >= 4 is 34.2 Å². The Morgan fingerprint density at radius 1 is 1.25 bits per heavy atom. The normalized spacial score (nSPS) is 16.4. The van der Waals surface area contributed by atoms with E-state index in [1.807, 2.05) is 30.3 Å². The molecule has 3 aromatic rings. The highest BCUT2D eigenvalue weighted by Gasteiger charge is 2.27. The molecule has 2 aliphatic rings. The van der Waals surface area contributed by atoms with Gasteiger partial charge < -0.3 is 15.0 Å². The van der Waals surface area contributed by atoms with E-state index in [1.165, 1.54) is 24.2 Å². The molecule has 0 radical (unpaired) electrons. The smallest absolute Gasteiger partial charge is 0.265 e. The van der Waals surface area contributed by atoms with Gasteiger partial charge in [-0.25, -0.2) is 4.98 Å². The second-order valence-electron chi connectivity index (χ2n) is 7.27. The minimum Gasteiger partial charge on any atom is -0.482 e. The van der Waals surface area contributed by atoms with Gasteiger partial charge in [0.1, 0.15) is 18.1 Å². The summed E-state index contributed by atoms with van der Waals surface area (Å²) in [5, 5.41) is 2.88. The lowest BCUT2D eigenvalue weighted by Crippen LogP contribution is -2.43. The fourth-order valence-electron chi connectivity index (χ4n) is 3.65. The molecule has 7 nitrogen and oxygen atoms in total. The average Bonchev–Trinajstić information content (AvgIpc) is 3.05. The van der Waals surface area contributed by atoms with E-state index in [0.29, 0.717) is 23.0 Å². The molecule has 1 fully saturated rings. The van der Waals surface area contributed by atoms with Crippen LogP contribution in [0.5, 0.6) is 5.75 Å². The summed E-state index contributed by atoms with van der Waals surface area (Å²) in [6.45, 7) is -0.123. The number of aromatic amines is 1. The molecule has 2 amide bonds. The summed E-state index contributed by atoms with van der Waals surface area (Å²) in [6.07, 6.45) is 3.61. The number of fused-ring (bicyclic) bond motifs is 2. The van der Waals surface area contributed by atoms with Gasteiger partial charge in [-0.15, -0.1) is 0 Å². The van der Waals surface area contributed by atoms with Gasteiger partial charge in [-0.05, 0) is 43.2 Å². The van der Waals surface area contributed by atoms with Crippen LogP contribution < -0.4 is 15.0 Å². The molecule has 1 aromatic heterocycles. The van der Waals surface area contributed by atoms with Gasteiger partial charge in [-0.3, -0.25) is 14.5 Å². The third-order valence-electron chi connectivity index (χ3n) is 5.39. The van der Waals surface area contributed by atoms with Gasteiger partial charge in [0.15, 0.2) is 6.61 Å². The highest BCUT2D eigenvalue weighted by molar-refractivity contribution is 6.05. The molecule has 1 aliphatic heterocycles. The molecule has 5 rings (SSSR count). The van der Waals surface area contributed by atoms with Crippen LogP contribution in [0.15, 0.2) is 42.5 Å². The van der Waals surface area contributed by atoms with E-state index >= 15 is 0 Å². The maximum Gasteiger partial charge on any atom is 0.265 e. The zero-order valence-corrected chi connectivity index (χ0v) is 15.3. The zero-order chi connectivity index (χ0) is 19.1. The molecule has 2 heterocycles. The average molecular weight is 376 g/mol. The Morgan fingerprint density at radius 3 is 2.93 bits per heavy atom. The Labute approximate surface area is 161 Å². The van der Waals surface area contributed by atoms with E-state index in [4.69, 9.17) is 4.74 Å². The Bertz CT molecular complexity index is 1070. The number of imidazole rings is 1. The van der Waals surface area contributed by atoms with Crippen LogP contribution in [0.25, 0.3) is 11.0 Å². The number of nitrogens with one attached hydrogen (secondary N) is 2. The number of nitrogens with zero attached hydrogens (tertiary/aromatic N) is 2. The van der Waals surface area contributed by atoms with Crippen LogP contribution in [0.3, 0.4) is 0 Å². The molecule has 0 atom stereocenters. The van der Waals surface area contributed by atoms with Gasteiger partial charge in [0.05, 0.1) is 16.7 Å². The molecule has 0 spiro atoms. The van der Waals surface area contributed by atoms with Crippen molar-refractivity contribution in [3.8, 4) is 5.75 Å². The van der Waals surface area contributed by atoms with Crippen LogP contribution in [0.2, 0.25) is 0 Å². The predicted octanol–water partition coefficient (Wildman–Crippen LogP) is 3.19. The maximum atomic E-state index is 12.6. The Balaban J connectivity index is 1.32. The highest BCUT2D eigenvalue weighted by Crippen LogP contribution is 2.35. The second-order valence-corrected chi connectivity index (χ2v) is 7.27. The van der Waals surface area contributed by atoms with Gasteiger partial charge in [-0.2, -0.15) is 0 Å². The number of ether oxygens (including phenoxy) is 1. The van der Waals surface area contributed by atoms with E-state index in [-0.39, 0.29) is 25.0 Å². The Hall–Kier alpha value is -3.35. The molecule has 7 heteroatoms. The van der Waals surface area contributed by atoms with Crippen LogP contribution in [-0.2, 0) is 9.59 Å². The number of para-hydroxylation sites is 2. The van der Waals surface area contributed by atoms with Crippen LogP contribution in [0, 0.1) is 0 Å². The van der Waals surface area contributed by atoms with Crippen molar-refractivity contribution in [1.82, 2.24) is 9.97 Å². The van der Waals surface area contributed by atoms with E-state index in [0.717, 1.165) is 16.9 Å². The Morgan fingerprint density at radius 2 is 2.11 bits per heavy atom. The fraction of sp³-hybridized carbons (Fsp3) is 0.286. The number of rotatable bonds is 4. The van der Waals surface area contributed by atoms with Crippen molar-refractivity contribution in [1.29, 1.82) is 0 Å². The first-order valence-corrected chi connectivity index (χ1v) is 9.49. The first-order valence-electron chi connectivity index (χ1n) is 9.49. The molecule has 0 unspecified atom stereocenters. The van der Waals surface area contributed by atoms with Crippen LogP contribution in [0.4, 0.5) is 11.4 Å². The van der Waals surface area contributed by atoms with Gasteiger partial charge in [0, 0.05) is 11.6 Å². The topological polar surface area (TPSA) is 87.3 Å². The summed E-state index contributed by atoms with van der Waals surface area (Å²) in [4.78, 5) is 34.3. The number of hydrogen-bond acceptors (Lipinski definition) is 4. The predicted molar refractivity (Wildman–Crippen MR) is 106 cm³/mol. The molecule has 2 aromatic carbocycles. The second kappa shape index (κ2) is 6.67. The van der Waals surface area contributed by atoms with E-state index in [9.17, 15) is 9.59 Å². The summed E-state index contributed by atoms with van der Waals surface area (Å²) in [5.74, 6) is 1.67. The lowest BCUT2D eigenvalue weighted by molar-refractivity contribution is -0.123. The molecular formula is C21H20N4O3. The molecule has 28 heavy (non-hydrogen) atoms. The number of amides is 2. The van der Waals surface area contributed by atoms with Crippen LogP contribution in [-0.4, -0.2) is 34.9 Å². The highest BCUT2D eigenvalue weighted by atomic mass is 16.5. The first kappa shape index (κ1) is 16.8. The SMILES string of the molecule is O=C(CN1C(=O)COc2ccccc21)Nc1ccc2nc(C3CCC3)[nH]c2c1. The van der Waals surface area contributed by atoms with Crippen molar-refractivity contribution in [2.24, 2.45) is 0 Å². The molecule has 1 saturated carbocycles. The third-order valence-corrected chi connectivity index (χ3v) is 5.39. The molecule has 2 N–H and O–H groups in total. The minimum absolute atomic E-state index is 0.0612. The summed E-state index contributed by atoms with van der Waals surface area (Å²) >= 11 is 0. The number of benzene rings is 2. The number of aromatic nitrogens is 2. The van der Waals surface area contributed by atoms with Gasteiger partial charge in [0.25, 0.3) is 5.91 Å². The summed E-state index contributed by atoms with van der Waals surface area (Å²) < 4.78 is 5.42. The number of carbonyl (C=O) groups is 2. The largest absolute Gasteiger partial charge is 0.482 e. The number of anilines is 2. The number of H-pyrrole nitrogens is 1. The van der Waals surface area contributed by atoms with Gasteiger partial charge in [0.2, 0.25) is 5.91 Å². The molecule has 0 saturated heterocycles. The fourth-order valence-corrected chi connectivity index (χ4v) is 3.65. The summed E-state index contributed by atoms with van der Waals surface area (Å²) in [6, 6.07) is 12.8. The molecular weight excluding hydrogens is 356 g/mol. The summed E-state index contributed by atoms with van der Waals surface area (Å²) in [5.41, 5.74) is 3.10. The standard InChI is InChI=1S/C21H20N4O3/c26-19(11-25-17-6-1-2-7-18(17)28-12-20(25)27)22-14-8-9-15-16(10-14)24-21(23-15)13-4-3-5-13/h1-2,6-10,13H,3-5,11-12H2,(H,22,26)(H,23,24). The van der Waals surface area contributed by atoms with Crippen molar-refractivity contribution in [2.75, 3.05) is 23.4 Å². The minimum atomic E-state index is -0.261. The third kappa shape index (κ3) is 2.98. The number of hydrogen-bond donors (Lipinski definition) is 2. The number of carbonyl (C=O) groups excluding carboxylic acids is 2. The molecule has 0 bridgehead atoms. The van der Waals surface area contributed by atoms with Crippen LogP contribution >= 0.6 is 0 Å². The van der Waals surface area contributed by atoms with Crippen LogP contribution in [0.1, 0.15) is 31.0 Å². The maximum absolute atomic E-state index is 12.6. The monoisotopic (exact) mass is 376 g/mol. The molecule has 142 valence electrons. The van der Waals surface area contributed by atoms with Crippen molar-refractivity contribution in [2.45, 2.75) is 25.2 Å². The molecule has 1 aliphatic carbocycles. The lowest BCUT2D eigenvalue weighted by atomic mass is 9.85.